The van der Waals surface area contributed by atoms with E-state index in [1.165, 1.54) is 6.07 Å². The van der Waals surface area contributed by atoms with E-state index in [0.717, 1.165) is 16.1 Å². The van der Waals surface area contributed by atoms with Gasteiger partial charge in [-0.15, -0.1) is 0 Å². The van der Waals surface area contributed by atoms with Crippen LogP contribution >= 0.6 is 15.9 Å². The number of nitrogens with zero attached hydrogens (tertiary/aromatic N) is 1. The Hall–Kier alpha value is -1.82. The highest BCUT2D eigenvalue weighted by Crippen LogP contribution is 2.32. The zero-order valence-corrected chi connectivity index (χ0v) is 11.5. The minimum atomic E-state index is -4.47. The van der Waals surface area contributed by atoms with E-state index in [1.807, 2.05) is 24.3 Å². The van der Waals surface area contributed by atoms with Crippen LogP contribution in [-0.4, -0.2) is 4.98 Å². The predicted octanol–water partition coefficient (Wildman–Crippen LogP) is 5.28. The highest BCUT2D eigenvalue weighted by atomic mass is 79.9. The molecule has 3 rings (SSSR count). The van der Waals surface area contributed by atoms with Gasteiger partial charge in [0, 0.05) is 15.4 Å². The quantitative estimate of drug-likeness (QED) is 0.602. The van der Waals surface area contributed by atoms with E-state index in [2.05, 4.69) is 20.9 Å². The molecule has 0 aliphatic rings. The third-order valence-electron chi connectivity index (χ3n) is 2.80. The molecule has 0 N–H and O–H groups in total. The number of pyridine rings is 1. The molecule has 20 heavy (non-hydrogen) atoms. The Morgan fingerprint density at radius 2 is 1.70 bits per heavy atom. The molecule has 1 aromatic carbocycles. The first-order valence-corrected chi connectivity index (χ1v) is 6.46. The molecule has 0 saturated carbocycles. The maximum Gasteiger partial charge on any atom is 0.433 e. The molecule has 0 fully saturated rings. The molecule has 0 bridgehead atoms. The van der Waals surface area contributed by atoms with Gasteiger partial charge < -0.3 is 4.42 Å². The molecular weight excluding hydrogens is 335 g/mol. The highest BCUT2D eigenvalue weighted by Gasteiger charge is 2.32. The van der Waals surface area contributed by atoms with Gasteiger partial charge in [-0.3, -0.25) is 0 Å². The van der Waals surface area contributed by atoms with Crippen molar-refractivity contribution in [2.75, 3.05) is 0 Å². The van der Waals surface area contributed by atoms with Crippen LogP contribution < -0.4 is 0 Å². The molecule has 0 unspecified atom stereocenters. The summed E-state index contributed by atoms with van der Waals surface area (Å²) in [6, 6.07) is 11.3. The summed E-state index contributed by atoms with van der Waals surface area (Å²) < 4.78 is 44.1. The standard InChI is InChI=1S/C14H7BrF3NO/c15-10-4-1-8(2-5-10)11-7-9-3-6-12(14(16,17)18)19-13(9)20-11/h1-7H. The summed E-state index contributed by atoms with van der Waals surface area (Å²) in [6.45, 7) is 0. The van der Waals surface area contributed by atoms with E-state index in [0.29, 0.717) is 11.1 Å². The Bertz CT molecular complexity index is 762. The van der Waals surface area contributed by atoms with Gasteiger partial charge in [0.2, 0.25) is 5.71 Å². The van der Waals surface area contributed by atoms with Crippen molar-refractivity contribution in [1.29, 1.82) is 0 Å². The molecule has 2 nitrogen and oxygen atoms in total. The van der Waals surface area contributed by atoms with Gasteiger partial charge in [-0.1, -0.05) is 28.1 Å². The van der Waals surface area contributed by atoms with Gasteiger partial charge in [-0.25, -0.2) is 4.98 Å². The summed E-state index contributed by atoms with van der Waals surface area (Å²) in [5.74, 6) is 0.485. The van der Waals surface area contributed by atoms with E-state index in [1.54, 1.807) is 6.07 Å². The second kappa shape index (κ2) is 4.63. The summed E-state index contributed by atoms with van der Waals surface area (Å²) in [7, 11) is 0. The maximum atomic E-state index is 12.6. The number of rotatable bonds is 1. The lowest BCUT2D eigenvalue weighted by atomic mass is 10.1. The van der Waals surface area contributed by atoms with Gasteiger partial charge in [-0.05, 0) is 30.3 Å². The van der Waals surface area contributed by atoms with E-state index in [-0.39, 0.29) is 5.71 Å². The van der Waals surface area contributed by atoms with Crippen molar-refractivity contribution in [3.8, 4) is 11.3 Å². The molecule has 0 radical (unpaired) electrons. The zero-order chi connectivity index (χ0) is 14.3. The van der Waals surface area contributed by atoms with Crippen molar-refractivity contribution in [3.63, 3.8) is 0 Å². The number of fused-ring (bicyclic) bond motifs is 1. The molecule has 2 aromatic heterocycles. The van der Waals surface area contributed by atoms with Crippen molar-refractivity contribution in [3.05, 3.63) is 52.6 Å². The fraction of sp³-hybridized carbons (Fsp3) is 0.0714. The molecular formula is C14H7BrF3NO. The van der Waals surface area contributed by atoms with E-state index < -0.39 is 11.9 Å². The van der Waals surface area contributed by atoms with Crippen molar-refractivity contribution < 1.29 is 17.6 Å². The monoisotopic (exact) mass is 341 g/mol. The van der Waals surface area contributed by atoms with Crippen LogP contribution in [0.4, 0.5) is 13.2 Å². The molecule has 6 heteroatoms. The van der Waals surface area contributed by atoms with E-state index >= 15 is 0 Å². The first kappa shape index (κ1) is 13.2. The normalized spacial score (nSPS) is 12.0. The Morgan fingerprint density at radius 3 is 2.35 bits per heavy atom. The van der Waals surface area contributed by atoms with Crippen molar-refractivity contribution in [2.45, 2.75) is 6.18 Å². The highest BCUT2D eigenvalue weighted by molar-refractivity contribution is 9.10. The molecule has 0 amide bonds. The second-order valence-corrected chi connectivity index (χ2v) is 5.12. The molecule has 0 aliphatic heterocycles. The van der Waals surface area contributed by atoms with E-state index in [4.69, 9.17) is 4.42 Å². The van der Waals surface area contributed by atoms with Crippen LogP contribution in [0.5, 0.6) is 0 Å². The molecule has 3 aromatic rings. The summed E-state index contributed by atoms with van der Waals surface area (Å²) in [4.78, 5) is 3.51. The van der Waals surface area contributed by atoms with Crippen LogP contribution in [-0.2, 0) is 6.18 Å². The summed E-state index contributed by atoms with van der Waals surface area (Å²) in [6.07, 6.45) is -4.47. The maximum absolute atomic E-state index is 12.6. The molecule has 2 heterocycles. The fourth-order valence-corrected chi connectivity index (χ4v) is 2.10. The third kappa shape index (κ3) is 2.43. The smallest absolute Gasteiger partial charge is 0.433 e. The van der Waals surface area contributed by atoms with Gasteiger partial charge >= 0.3 is 6.18 Å². The largest absolute Gasteiger partial charge is 0.438 e. The number of halogens is 4. The molecule has 0 aliphatic carbocycles. The predicted molar refractivity (Wildman–Crippen MR) is 72.1 cm³/mol. The summed E-state index contributed by atoms with van der Waals surface area (Å²) >= 11 is 3.32. The lowest BCUT2D eigenvalue weighted by Crippen LogP contribution is -2.06. The van der Waals surface area contributed by atoms with Gasteiger partial charge in [0.25, 0.3) is 0 Å². The Labute approximate surface area is 120 Å². The van der Waals surface area contributed by atoms with Crippen LogP contribution in [0, 0.1) is 0 Å². The Balaban J connectivity index is 2.09. The van der Waals surface area contributed by atoms with Crippen LogP contribution in [0.15, 0.2) is 51.4 Å². The molecule has 102 valence electrons. The average molecular weight is 342 g/mol. The van der Waals surface area contributed by atoms with Gasteiger partial charge in [-0.2, -0.15) is 13.2 Å². The first-order chi connectivity index (χ1) is 9.43. The van der Waals surface area contributed by atoms with Crippen molar-refractivity contribution in [2.24, 2.45) is 0 Å². The number of hydrogen-bond donors (Lipinski definition) is 0. The number of aromatic nitrogens is 1. The van der Waals surface area contributed by atoms with Gasteiger partial charge in [0.05, 0.1) is 0 Å². The number of furan rings is 1. The fourth-order valence-electron chi connectivity index (χ4n) is 1.83. The van der Waals surface area contributed by atoms with Crippen molar-refractivity contribution >= 4 is 27.0 Å². The average Bonchev–Trinajstić information content (AvgIpc) is 2.81. The zero-order valence-electron chi connectivity index (χ0n) is 9.91. The van der Waals surface area contributed by atoms with Gasteiger partial charge in [0.1, 0.15) is 11.5 Å². The molecule has 0 atom stereocenters. The third-order valence-corrected chi connectivity index (χ3v) is 3.33. The van der Waals surface area contributed by atoms with Crippen LogP contribution in [0.2, 0.25) is 0 Å². The van der Waals surface area contributed by atoms with Gasteiger partial charge in [0.15, 0.2) is 0 Å². The van der Waals surface area contributed by atoms with Crippen LogP contribution in [0.25, 0.3) is 22.4 Å². The lowest BCUT2D eigenvalue weighted by molar-refractivity contribution is -0.141. The number of hydrogen-bond acceptors (Lipinski definition) is 2. The van der Waals surface area contributed by atoms with Crippen LogP contribution in [0.3, 0.4) is 0 Å². The SMILES string of the molecule is FC(F)(F)c1ccc2cc(-c3ccc(Br)cc3)oc2n1. The van der Waals surface area contributed by atoms with Crippen molar-refractivity contribution in [1.82, 2.24) is 4.98 Å². The minimum absolute atomic E-state index is 0.0160. The lowest BCUT2D eigenvalue weighted by Gasteiger charge is -2.03. The Morgan fingerprint density at radius 1 is 1.00 bits per heavy atom. The minimum Gasteiger partial charge on any atom is -0.438 e. The number of benzene rings is 1. The summed E-state index contributed by atoms with van der Waals surface area (Å²) in [5.41, 5.74) is -0.195. The molecule has 0 saturated heterocycles. The second-order valence-electron chi connectivity index (χ2n) is 4.21. The first-order valence-electron chi connectivity index (χ1n) is 5.67. The number of alkyl halides is 3. The summed E-state index contributed by atoms with van der Waals surface area (Å²) in [5, 5.41) is 0.538. The molecule has 0 spiro atoms. The van der Waals surface area contributed by atoms with Crippen LogP contribution in [0.1, 0.15) is 5.69 Å². The topological polar surface area (TPSA) is 26.0 Å². The van der Waals surface area contributed by atoms with E-state index in [9.17, 15) is 13.2 Å². The Kier molecular flexibility index (Phi) is 3.05.